The van der Waals surface area contributed by atoms with E-state index in [1.54, 1.807) is 30.7 Å². The van der Waals surface area contributed by atoms with Crippen molar-refractivity contribution in [2.45, 2.75) is 75.0 Å². The summed E-state index contributed by atoms with van der Waals surface area (Å²) in [7, 11) is -0.507. The SMILES string of the molecule is CC[C@H](CC1CC(c2ccc(OC)cc2)[C@@H](OCc2ccc3c(c2)N(CCCOC)CCO3)CN1S(=O)(=O)c1ccc(C)cc1)c1nn[nH]n1. The second-order valence-corrected chi connectivity index (χ2v) is 15.0. The number of sulfonamides is 1. The lowest BCUT2D eigenvalue weighted by atomic mass is 9.81. The molecule has 4 atom stereocenters. The highest BCUT2D eigenvalue weighted by Gasteiger charge is 2.44. The van der Waals surface area contributed by atoms with Gasteiger partial charge in [0.1, 0.15) is 18.1 Å². The first-order chi connectivity index (χ1) is 24.3. The first-order valence-electron chi connectivity index (χ1n) is 17.4. The molecule has 0 bridgehead atoms. The molecule has 6 rings (SSSR count). The number of fused-ring (bicyclic) bond motifs is 1. The maximum atomic E-state index is 14.5. The quantitative estimate of drug-likeness (QED) is 0.159. The number of piperidine rings is 1. The number of H-pyrrole nitrogens is 1. The van der Waals surface area contributed by atoms with E-state index in [1.165, 1.54) is 0 Å². The van der Waals surface area contributed by atoms with E-state index in [9.17, 15) is 8.42 Å². The number of aryl methyl sites for hydroxylation is 1. The summed E-state index contributed by atoms with van der Waals surface area (Å²) in [6.07, 6.45) is 2.34. The second kappa shape index (κ2) is 16.3. The molecule has 50 heavy (non-hydrogen) atoms. The third-order valence-corrected chi connectivity index (χ3v) is 11.8. The summed E-state index contributed by atoms with van der Waals surface area (Å²) in [6.45, 7) is 7.53. The largest absolute Gasteiger partial charge is 0.497 e. The summed E-state index contributed by atoms with van der Waals surface area (Å²) < 4.78 is 54.2. The summed E-state index contributed by atoms with van der Waals surface area (Å²) in [6, 6.07) is 20.9. The molecule has 0 amide bonds. The number of hydrogen-bond donors (Lipinski definition) is 1. The van der Waals surface area contributed by atoms with Crippen molar-refractivity contribution in [2.24, 2.45) is 0 Å². The third kappa shape index (κ3) is 8.12. The highest BCUT2D eigenvalue weighted by atomic mass is 32.2. The van der Waals surface area contributed by atoms with Gasteiger partial charge >= 0.3 is 0 Å². The molecular formula is C37H48N6O6S. The number of rotatable bonds is 15. The van der Waals surface area contributed by atoms with Crippen LogP contribution in [0.2, 0.25) is 0 Å². The third-order valence-electron chi connectivity index (χ3n) is 9.91. The van der Waals surface area contributed by atoms with Crippen molar-refractivity contribution in [2.75, 3.05) is 52.0 Å². The van der Waals surface area contributed by atoms with Crippen LogP contribution in [0.1, 0.15) is 67.0 Å². The van der Waals surface area contributed by atoms with Crippen LogP contribution in [0.3, 0.4) is 0 Å². The van der Waals surface area contributed by atoms with Gasteiger partial charge in [-0.25, -0.2) is 8.42 Å². The average molecular weight is 705 g/mol. The van der Waals surface area contributed by atoms with Crippen LogP contribution in [0.4, 0.5) is 5.69 Å². The zero-order valence-electron chi connectivity index (χ0n) is 29.3. The van der Waals surface area contributed by atoms with Crippen LogP contribution in [0, 0.1) is 6.92 Å². The Bertz CT molecular complexity index is 1770. The monoisotopic (exact) mass is 704 g/mol. The van der Waals surface area contributed by atoms with Crippen molar-refractivity contribution in [3.63, 3.8) is 0 Å². The van der Waals surface area contributed by atoms with Crippen molar-refractivity contribution in [3.05, 3.63) is 89.2 Å². The molecule has 3 heterocycles. The molecule has 2 aliphatic rings. The molecule has 0 aliphatic carbocycles. The summed E-state index contributed by atoms with van der Waals surface area (Å²) in [5, 5.41) is 14.9. The van der Waals surface area contributed by atoms with E-state index in [2.05, 4.69) is 50.6 Å². The fourth-order valence-electron chi connectivity index (χ4n) is 7.11. The normalized spacial score (nSPS) is 20.2. The molecule has 4 aromatic rings. The van der Waals surface area contributed by atoms with E-state index >= 15 is 0 Å². The van der Waals surface area contributed by atoms with E-state index in [-0.39, 0.29) is 29.3 Å². The predicted molar refractivity (Wildman–Crippen MR) is 190 cm³/mol. The maximum Gasteiger partial charge on any atom is 0.243 e. The van der Waals surface area contributed by atoms with Gasteiger partial charge < -0.3 is 23.8 Å². The molecule has 3 aromatic carbocycles. The van der Waals surface area contributed by atoms with Gasteiger partial charge in [-0.3, -0.25) is 0 Å². The van der Waals surface area contributed by atoms with Crippen LogP contribution in [-0.4, -0.2) is 92.6 Å². The van der Waals surface area contributed by atoms with E-state index in [0.717, 1.165) is 59.8 Å². The number of aromatic nitrogens is 4. The summed E-state index contributed by atoms with van der Waals surface area (Å²) in [4.78, 5) is 2.60. The number of nitrogens with one attached hydrogen (secondary N) is 1. The number of aromatic amines is 1. The minimum atomic E-state index is -3.88. The highest BCUT2D eigenvalue weighted by Crippen LogP contribution is 2.41. The van der Waals surface area contributed by atoms with Crippen LogP contribution in [0.25, 0.3) is 0 Å². The van der Waals surface area contributed by atoms with Gasteiger partial charge in [0.15, 0.2) is 5.82 Å². The van der Waals surface area contributed by atoms with E-state index in [1.807, 2.05) is 43.3 Å². The van der Waals surface area contributed by atoms with Gasteiger partial charge in [0.05, 0.1) is 36.9 Å². The molecular weight excluding hydrogens is 657 g/mol. The van der Waals surface area contributed by atoms with Crippen molar-refractivity contribution < 1.29 is 27.4 Å². The standard InChI is InChI=1S/C37H48N6O6S/c1-5-28(37-38-40-41-39-37)22-30-23-33(29-10-12-31(47-4)13-11-29)36(24-43(30)50(44,45)32-14-7-26(2)8-15-32)49-25-27-9-16-35-34(21-27)42(18-20-48-35)17-6-19-46-3/h7-16,21,28,30,33,36H,5-6,17-20,22-25H2,1-4H3,(H,38,39,40,41)/t28-,30?,33?,36+/m1/s1. The van der Waals surface area contributed by atoms with Crippen molar-refractivity contribution in [1.82, 2.24) is 24.9 Å². The Labute approximate surface area is 295 Å². The Morgan fingerprint density at radius 2 is 1.86 bits per heavy atom. The molecule has 12 nitrogen and oxygen atoms in total. The van der Waals surface area contributed by atoms with Crippen molar-refractivity contribution in [3.8, 4) is 11.5 Å². The Morgan fingerprint density at radius 1 is 1.06 bits per heavy atom. The van der Waals surface area contributed by atoms with Crippen LogP contribution >= 0.6 is 0 Å². The highest BCUT2D eigenvalue weighted by molar-refractivity contribution is 7.89. The minimum Gasteiger partial charge on any atom is -0.497 e. The zero-order valence-corrected chi connectivity index (χ0v) is 30.1. The van der Waals surface area contributed by atoms with Crippen molar-refractivity contribution in [1.29, 1.82) is 0 Å². The van der Waals surface area contributed by atoms with Crippen molar-refractivity contribution >= 4 is 15.7 Å². The first kappa shape index (κ1) is 35.8. The van der Waals surface area contributed by atoms with Gasteiger partial charge in [-0.15, -0.1) is 10.2 Å². The Balaban J connectivity index is 1.32. The van der Waals surface area contributed by atoms with Gasteiger partial charge in [-0.2, -0.15) is 9.52 Å². The van der Waals surface area contributed by atoms with Gasteiger partial charge in [0, 0.05) is 44.7 Å². The molecule has 1 aromatic heterocycles. The number of hydrogen-bond acceptors (Lipinski definition) is 10. The molecule has 1 fully saturated rings. The lowest BCUT2D eigenvalue weighted by Crippen LogP contribution is -2.52. The molecule has 1 N–H and O–H groups in total. The van der Waals surface area contributed by atoms with Crippen LogP contribution in [0.5, 0.6) is 11.5 Å². The van der Waals surface area contributed by atoms with Crippen LogP contribution < -0.4 is 14.4 Å². The molecule has 2 aliphatic heterocycles. The van der Waals surface area contributed by atoms with Gasteiger partial charge in [0.2, 0.25) is 10.0 Å². The minimum absolute atomic E-state index is 0.0759. The number of methoxy groups -OCH3 is 2. The Morgan fingerprint density at radius 3 is 2.56 bits per heavy atom. The lowest BCUT2D eigenvalue weighted by Gasteiger charge is -2.44. The van der Waals surface area contributed by atoms with Gasteiger partial charge in [-0.1, -0.05) is 48.0 Å². The molecule has 0 radical (unpaired) electrons. The van der Waals surface area contributed by atoms with Crippen LogP contribution in [0.15, 0.2) is 71.6 Å². The number of ether oxygens (including phenoxy) is 4. The molecule has 1 saturated heterocycles. The number of nitrogens with zero attached hydrogens (tertiary/aromatic N) is 5. The summed E-state index contributed by atoms with van der Waals surface area (Å²) in [5.41, 5.74) is 4.11. The van der Waals surface area contributed by atoms with Crippen LogP contribution in [-0.2, 0) is 26.1 Å². The fraction of sp³-hybridized carbons (Fsp3) is 0.486. The summed E-state index contributed by atoms with van der Waals surface area (Å²) in [5.74, 6) is 2.05. The molecule has 0 saturated carbocycles. The number of anilines is 1. The Hall–Kier alpha value is -4.04. The second-order valence-electron chi connectivity index (χ2n) is 13.1. The maximum absolute atomic E-state index is 14.5. The topological polar surface area (TPSA) is 132 Å². The summed E-state index contributed by atoms with van der Waals surface area (Å²) >= 11 is 0. The Kier molecular flexibility index (Phi) is 11.7. The first-order valence-corrected chi connectivity index (χ1v) is 18.8. The fourth-order valence-corrected chi connectivity index (χ4v) is 8.77. The average Bonchev–Trinajstić information content (AvgIpc) is 3.68. The van der Waals surface area contributed by atoms with Gasteiger partial charge in [0.25, 0.3) is 0 Å². The van der Waals surface area contributed by atoms with E-state index < -0.39 is 16.1 Å². The predicted octanol–water partition coefficient (Wildman–Crippen LogP) is 5.47. The molecule has 0 spiro atoms. The molecule has 13 heteroatoms. The molecule has 268 valence electrons. The number of benzene rings is 3. The number of tetrazole rings is 1. The van der Waals surface area contributed by atoms with E-state index in [0.29, 0.717) is 38.5 Å². The van der Waals surface area contributed by atoms with E-state index in [4.69, 9.17) is 18.9 Å². The molecule has 2 unspecified atom stereocenters. The van der Waals surface area contributed by atoms with Gasteiger partial charge in [-0.05, 0) is 80.1 Å². The lowest BCUT2D eigenvalue weighted by molar-refractivity contribution is -0.0217. The zero-order chi connectivity index (χ0) is 35.1. The smallest absolute Gasteiger partial charge is 0.243 e.